The summed E-state index contributed by atoms with van der Waals surface area (Å²) in [6.07, 6.45) is -4.50. The Morgan fingerprint density at radius 1 is 1.12 bits per heavy atom. The Balaban J connectivity index is 2.35. The van der Waals surface area contributed by atoms with E-state index in [1.165, 1.54) is 6.07 Å². The summed E-state index contributed by atoms with van der Waals surface area (Å²) in [5, 5.41) is 5.58. The number of aromatic nitrogens is 2. The van der Waals surface area contributed by atoms with Crippen molar-refractivity contribution in [2.75, 3.05) is 5.32 Å². The zero-order chi connectivity index (χ0) is 19.7. The smallest absolute Gasteiger partial charge is 0.346 e. The van der Waals surface area contributed by atoms with Crippen LogP contribution in [0.25, 0.3) is 0 Å². The summed E-state index contributed by atoms with van der Waals surface area (Å²) in [5.74, 6) is 0.0381. The van der Waals surface area contributed by atoms with Crippen molar-refractivity contribution in [1.29, 1.82) is 0 Å². The predicted octanol–water partition coefficient (Wildman–Crippen LogP) is 4.73. The molecule has 0 bridgehead atoms. The molecule has 0 saturated carbocycles. The second-order valence-corrected chi connectivity index (χ2v) is 7.11. The van der Waals surface area contributed by atoms with Crippen LogP contribution in [0.5, 0.6) is 0 Å². The molecule has 0 aliphatic rings. The van der Waals surface area contributed by atoms with Crippen LogP contribution in [0.3, 0.4) is 0 Å². The van der Waals surface area contributed by atoms with Gasteiger partial charge in [0.2, 0.25) is 0 Å². The number of anilines is 2. The SMILES string of the molecule is Cc1nc(Nc2cc(C(F)(F)F)ccc2Cl)cc(C(=O)NC(C)(C)C)n1. The van der Waals surface area contributed by atoms with E-state index in [0.29, 0.717) is 0 Å². The standard InChI is InChI=1S/C17H18ClF3N4O/c1-9-22-13(15(26)25-16(2,3)4)8-14(23-9)24-12-7-10(17(19,20)21)5-6-11(12)18/h5-8H,1-4H3,(H,25,26)(H,22,23,24). The van der Waals surface area contributed by atoms with Crippen LogP contribution in [0, 0.1) is 6.92 Å². The van der Waals surface area contributed by atoms with E-state index >= 15 is 0 Å². The van der Waals surface area contributed by atoms with Crippen LogP contribution in [-0.2, 0) is 6.18 Å². The molecule has 2 aromatic rings. The number of carbonyl (C=O) groups excluding carboxylic acids is 1. The van der Waals surface area contributed by atoms with Gasteiger partial charge in [0.25, 0.3) is 5.91 Å². The van der Waals surface area contributed by atoms with Gasteiger partial charge in [0, 0.05) is 11.6 Å². The molecule has 0 aliphatic carbocycles. The van der Waals surface area contributed by atoms with Gasteiger partial charge in [-0.3, -0.25) is 4.79 Å². The summed E-state index contributed by atoms with van der Waals surface area (Å²) in [5.41, 5.74) is -1.19. The molecule has 2 N–H and O–H groups in total. The van der Waals surface area contributed by atoms with Crippen LogP contribution in [-0.4, -0.2) is 21.4 Å². The van der Waals surface area contributed by atoms with Crippen LogP contribution in [0.1, 0.15) is 42.6 Å². The summed E-state index contributed by atoms with van der Waals surface area (Å²) in [4.78, 5) is 20.4. The van der Waals surface area contributed by atoms with Gasteiger partial charge in [-0.05, 0) is 45.9 Å². The predicted molar refractivity (Wildman–Crippen MR) is 93.7 cm³/mol. The maximum Gasteiger partial charge on any atom is 0.416 e. The highest BCUT2D eigenvalue weighted by Gasteiger charge is 2.31. The quantitative estimate of drug-likeness (QED) is 0.800. The highest BCUT2D eigenvalue weighted by Crippen LogP contribution is 2.34. The number of rotatable bonds is 3. The van der Waals surface area contributed by atoms with Gasteiger partial charge >= 0.3 is 6.18 Å². The zero-order valence-corrected chi connectivity index (χ0v) is 15.4. The average Bonchev–Trinajstić information content (AvgIpc) is 2.46. The van der Waals surface area contributed by atoms with Gasteiger partial charge in [-0.15, -0.1) is 0 Å². The van der Waals surface area contributed by atoms with E-state index in [1.54, 1.807) is 6.92 Å². The fourth-order valence-electron chi connectivity index (χ4n) is 2.09. The molecular formula is C17H18ClF3N4O. The summed E-state index contributed by atoms with van der Waals surface area (Å²) in [6, 6.07) is 4.27. The third kappa shape index (κ3) is 5.32. The van der Waals surface area contributed by atoms with E-state index in [2.05, 4.69) is 20.6 Å². The minimum Gasteiger partial charge on any atom is -0.346 e. The Bertz CT molecular complexity index is 832. The summed E-state index contributed by atoms with van der Waals surface area (Å²) in [6.45, 7) is 7.04. The molecule has 140 valence electrons. The maximum absolute atomic E-state index is 12.9. The molecule has 5 nitrogen and oxygen atoms in total. The van der Waals surface area contributed by atoms with Crippen molar-refractivity contribution in [3.05, 3.63) is 46.4 Å². The van der Waals surface area contributed by atoms with Crippen molar-refractivity contribution >= 4 is 29.0 Å². The molecule has 1 aromatic heterocycles. The minimum absolute atomic E-state index is 0.0294. The number of hydrogen-bond acceptors (Lipinski definition) is 4. The van der Waals surface area contributed by atoms with Gasteiger partial charge in [-0.1, -0.05) is 11.6 Å². The van der Waals surface area contributed by atoms with Crippen molar-refractivity contribution in [3.63, 3.8) is 0 Å². The van der Waals surface area contributed by atoms with Crippen molar-refractivity contribution in [2.24, 2.45) is 0 Å². The third-order valence-corrected chi connectivity index (χ3v) is 3.45. The second-order valence-electron chi connectivity index (χ2n) is 6.71. The fraction of sp³-hybridized carbons (Fsp3) is 0.353. The van der Waals surface area contributed by atoms with Gasteiger partial charge in [-0.25, -0.2) is 9.97 Å². The number of aryl methyl sites for hydroxylation is 1. The first-order valence-corrected chi connectivity index (χ1v) is 8.05. The second kappa shape index (κ2) is 7.11. The number of nitrogens with one attached hydrogen (secondary N) is 2. The topological polar surface area (TPSA) is 66.9 Å². The van der Waals surface area contributed by atoms with Crippen molar-refractivity contribution < 1.29 is 18.0 Å². The molecule has 1 heterocycles. The molecule has 0 spiro atoms. The number of hydrogen-bond donors (Lipinski definition) is 2. The zero-order valence-electron chi connectivity index (χ0n) is 14.6. The molecule has 0 aliphatic heterocycles. The Kier molecular flexibility index (Phi) is 5.46. The van der Waals surface area contributed by atoms with E-state index in [-0.39, 0.29) is 28.0 Å². The molecule has 2 rings (SSSR count). The summed E-state index contributed by atoms with van der Waals surface area (Å²) in [7, 11) is 0. The lowest BCUT2D eigenvalue weighted by molar-refractivity contribution is -0.137. The Morgan fingerprint density at radius 3 is 2.35 bits per heavy atom. The first-order chi connectivity index (χ1) is 11.8. The fourth-order valence-corrected chi connectivity index (χ4v) is 2.25. The van der Waals surface area contributed by atoms with Crippen LogP contribution >= 0.6 is 11.6 Å². The van der Waals surface area contributed by atoms with Crippen LogP contribution in [0.4, 0.5) is 24.7 Å². The van der Waals surface area contributed by atoms with Gasteiger partial charge in [0.1, 0.15) is 17.3 Å². The first-order valence-electron chi connectivity index (χ1n) is 7.67. The summed E-state index contributed by atoms with van der Waals surface area (Å²) < 4.78 is 38.6. The largest absolute Gasteiger partial charge is 0.416 e. The number of carbonyl (C=O) groups is 1. The number of amides is 1. The Morgan fingerprint density at radius 2 is 1.77 bits per heavy atom. The number of alkyl halides is 3. The highest BCUT2D eigenvalue weighted by molar-refractivity contribution is 6.33. The molecule has 1 amide bonds. The van der Waals surface area contributed by atoms with E-state index in [4.69, 9.17) is 11.6 Å². The first kappa shape index (κ1) is 20.0. The lowest BCUT2D eigenvalue weighted by atomic mass is 10.1. The van der Waals surface area contributed by atoms with E-state index in [9.17, 15) is 18.0 Å². The van der Waals surface area contributed by atoms with Crippen molar-refractivity contribution in [3.8, 4) is 0 Å². The number of nitrogens with zero attached hydrogens (tertiary/aromatic N) is 2. The monoisotopic (exact) mass is 386 g/mol. The van der Waals surface area contributed by atoms with E-state index < -0.39 is 23.2 Å². The average molecular weight is 387 g/mol. The third-order valence-electron chi connectivity index (χ3n) is 3.12. The normalized spacial score (nSPS) is 12.0. The van der Waals surface area contributed by atoms with E-state index in [1.807, 2.05) is 20.8 Å². The number of benzene rings is 1. The molecular weight excluding hydrogens is 369 g/mol. The Labute approximate surface area is 154 Å². The van der Waals surface area contributed by atoms with Gasteiger partial charge in [0.05, 0.1) is 16.3 Å². The van der Waals surface area contributed by atoms with Gasteiger partial charge in [0.15, 0.2) is 0 Å². The van der Waals surface area contributed by atoms with Crippen molar-refractivity contribution in [1.82, 2.24) is 15.3 Å². The van der Waals surface area contributed by atoms with Crippen LogP contribution in [0.2, 0.25) is 5.02 Å². The molecule has 0 radical (unpaired) electrons. The molecule has 1 aromatic carbocycles. The minimum atomic E-state index is -4.50. The molecule has 0 saturated heterocycles. The molecule has 0 unspecified atom stereocenters. The van der Waals surface area contributed by atoms with Crippen LogP contribution in [0.15, 0.2) is 24.3 Å². The number of halogens is 4. The molecule has 26 heavy (non-hydrogen) atoms. The highest BCUT2D eigenvalue weighted by atomic mass is 35.5. The molecule has 0 fully saturated rings. The molecule has 9 heteroatoms. The van der Waals surface area contributed by atoms with E-state index in [0.717, 1.165) is 18.2 Å². The lowest BCUT2D eigenvalue weighted by Gasteiger charge is -2.20. The maximum atomic E-state index is 12.9. The Hall–Kier alpha value is -2.35. The van der Waals surface area contributed by atoms with Gasteiger partial charge < -0.3 is 10.6 Å². The molecule has 0 atom stereocenters. The lowest BCUT2D eigenvalue weighted by Crippen LogP contribution is -2.41. The summed E-state index contributed by atoms with van der Waals surface area (Å²) >= 11 is 5.97. The van der Waals surface area contributed by atoms with Gasteiger partial charge in [-0.2, -0.15) is 13.2 Å². The van der Waals surface area contributed by atoms with Crippen molar-refractivity contribution in [2.45, 2.75) is 39.4 Å². The van der Waals surface area contributed by atoms with Crippen LogP contribution < -0.4 is 10.6 Å².